The summed E-state index contributed by atoms with van der Waals surface area (Å²) in [4.78, 5) is 24.6. The molecule has 13 heavy (non-hydrogen) atoms. The van der Waals surface area contributed by atoms with E-state index in [1.54, 1.807) is 6.33 Å². The highest BCUT2D eigenvalue weighted by molar-refractivity contribution is 5.88. The van der Waals surface area contributed by atoms with Gasteiger partial charge in [0.15, 0.2) is 0 Å². The lowest BCUT2D eigenvalue weighted by atomic mass is 10.5. The number of hydrogen-bond acceptors (Lipinski definition) is 3. The van der Waals surface area contributed by atoms with Crippen molar-refractivity contribution in [3.63, 3.8) is 0 Å². The minimum atomic E-state index is -1.51. The van der Waals surface area contributed by atoms with Gasteiger partial charge in [-0.15, -0.1) is 0 Å². The average molecular weight is 184 g/mol. The van der Waals surface area contributed by atoms with Gasteiger partial charge in [0.25, 0.3) is 0 Å². The van der Waals surface area contributed by atoms with E-state index in [9.17, 15) is 14.7 Å². The Hall–Kier alpha value is -2.11. The van der Waals surface area contributed by atoms with Crippen molar-refractivity contribution >= 4 is 11.9 Å². The van der Waals surface area contributed by atoms with Gasteiger partial charge in [0.05, 0.1) is 5.97 Å². The normalized spacial score (nSPS) is 8.92. The molecule has 0 unspecified atom stereocenters. The van der Waals surface area contributed by atoms with E-state index in [-0.39, 0.29) is 0 Å². The number of nitrogens with one attached hydrogen (secondary N) is 2. The first kappa shape index (κ1) is 10.9. The summed E-state index contributed by atoms with van der Waals surface area (Å²) in [5, 5.41) is 17.2. The molecule has 0 saturated heterocycles. The predicted octanol–water partition coefficient (Wildman–Crippen LogP) is -1.79. The number of carbonyl (C=O) groups is 2. The highest BCUT2D eigenvalue weighted by atomic mass is 16.4. The maximum atomic E-state index is 9.53. The van der Waals surface area contributed by atoms with Gasteiger partial charge in [0, 0.05) is 6.08 Å². The topological polar surface area (TPSA) is 107 Å². The predicted molar refractivity (Wildman–Crippen MR) is 39.1 cm³/mol. The van der Waals surface area contributed by atoms with Gasteiger partial charge in [0.1, 0.15) is 12.4 Å². The lowest BCUT2D eigenvalue weighted by Crippen LogP contribution is -2.19. The summed E-state index contributed by atoms with van der Waals surface area (Å²) in [6.07, 6.45) is 6.33. The number of aromatic nitrogens is 2. The number of hydrogen-bond donors (Lipinski definition) is 2. The van der Waals surface area contributed by atoms with Crippen LogP contribution in [0, 0.1) is 0 Å². The minimum absolute atomic E-state index is 0.447. The highest BCUT2D eigenvalue weighted by Gasteiger charge is 1.81. The van der Waals surface area contributed by atoms with Crippen molar-refractivity contribution < 1.29 is 24.8 Å². The van der Waals surface area contributed by atoms with Crippen LogP contribution in [-0.2, 0) is 9.59 Å². The molecule has 1 aromatic rings. The lowest BCUT2D eigenvalue weighted by Gasteiger charge is -1.85. The van der Waals surface area contributed by atoms with Crippen LogP contribution in [0.25, 0.3) is 0 Å². The number of rotatable bonds is 2. The van der Waals surface area contributed by atoms with Crippen molar-refractivity contribution in [3.8, 4) is 0 Å². The van der Waals surface area contributed by atoms with Crippen molar-refractivity contribution in [2.75, 3.05) is 0 Å². The van der Waals surface area contributed by atoms with Crippen molar-refractivity contribution in [1.82, 2.24) is 4.98 Å². The van der Waals surface area contributed by atoms with Gasteiger partial charge in [-0.05, 0) is 6.08 Å². The molecule has 0 aliphatic rings. The van der Waals surface area contributed by atoms with Crippen LogP contribution in [-0.4, -0.2) is 22.0 Å². The van der Waals surface area contributed by atoms with Crippen LogP contribution < -0.4 is 10.1 Å². The first-order valence-electron chi connectivity index (χ1n) is 3.23. The van der Waals surface area contributed by atoms with Crippen LogP contribution in [0.2, 0.25) is 0 Å². The third-order valence-electron chi connectivity index (χ3n) is 0.804. The van der Waals surface area contributed by atoms with E-state index < -0.39 is 11.9 Å². The van der Waals surface area contributed by atoms with Gasteiger partial charge in [-0.25, -0.2) is 4.79 Å². The number of aromatic amines is 2. The summed E-state index contributed by atoms with van der Waals surface area (Å²) in [6, 6.07) is 0. The molecule has 0 fully saturated rings. The summed E-state index contributed by atoms with van der Waals surface area (Å²) in [5.41, 5.74) is 0. The zero-order chi connectivity index (χ0) is 10.1. The van der Waals surface area contributed by atoms with Crippen LogP contribution in [0.1, 0.15) is 0 Å². The number of carboxylic acids is 2. The average Bonchev–Trinajstić information content (AvgIpc) is 2.57. The van der Waals surface area contributed by atoms with Crippen molar-refractivity contribution in [2.24, 2.45) is 0 Å². The van der Waals surface area contributed by atoms with Gasteiger partial charge in [-0.1, -0.05) is 0 Å². The standard InChI is InChI=1S/C4H4O4.C3H4N2/c5-3(6)1-2-4(7)8;1-2-5-3-4-1/h1-2H,(H,5,6)(H,7,8);1-3H,(H,4,5)/b2-1+;. The fraction of sp³-hybridized carbons (Fsp3) is 0. The number of imidazole rings is 1. The van der Waals surface area contributed by atoms with Gasteiger partial charge in [-0.3, -0.25) is 9.97 Å². The Morgan fingerprint density at radius 3 is 2.31 bits per heavy atom. The van der Waals surface area contributed by atoms with E-state index in [2.05, 4.69) is 9.97 Å². The Morgan fingerprint density at radius 1 is 1.46 bits per heavy atom. The first-order valence-corrected chi connectivity index (χ1v) is 3.23. The molecule has 0 aliphatic carbocycles. The zero-order valence-corrected chi connectivity index (χ0v) is 6.56. The summed E-state index contributed by atoms with van der Waals surface area (Å²) < 4.78 is 0. The summed E-state index contributed by atoms with van der Waals surface area (Å²) in [7, 11) is 0. The molecule has 6 heteroatoms. The van der Waals surface area contributed by atoms with Crippen LogP contribution in [0.15, 0.2) is 30.9 Å². The fourth-order valence-corrected chi connectivity index (χ4v) is 0.380. The van der Waals surface area contributed by atoms with Crippen molar-refractivity contribution in [3.05, 3.63) is 30.9 Å². The maximum absolute atomic E-state index is 9.53. The number of H-pyrrole nitrogens is 2. The van der Waals surface area contributed by atoms with Crippen LogP contribution in [0.3, 0.4) is 0 Å². The van der Waals surface area contributed by atoms with Gasteiger partial charge in [0.2, 0.25) is 6.33 Å². The monoisotopic (exact) mass is 184 g/mol. The van der Waals surface area contributed by atoms with E-state index in [0.717, 1.165) is 0 Å². The van der Waals surface area contributed by atoms with E-state index in [1.807, 2.05) is 12.4 Å². The van der Waals surface area contributed by atoms with Crippen LogP contribution in [0.5, 0.6) is 0 Å². The Kier molecular flexibility index (Phi) is 5.52. The fourth-order valence-electron chi connectivity index (χ4n) is 0.380. The second-order valence-electron chi connectivity index (χ2n) is 1.80. The molecule has 0 aromatic carbocycles. The zero-order valence-electron chi connectivity index (χ0n) is 6.56. The van der Waals surface area contributed by atoms with Crippen molar-refractivity contribution in [1.29, 1.82) is 0 Å². The molecule has 0 spiro atoms. The van der Waals surface area contributed by atoms with Gasteiger partial charge < -0.3 is 15.0 Å². The molecule has 0 radical (unpaired) electrons. The number of carbonyl (C=O) groups excluding carboxylic acids is 1. The number of aliphatic carboxylic acids is 2. The molecule has 1 rings (SSSR count). The highest BCUT2D eigenvalue weighted by Crippen LogP contribution is 1.67. The second-order valence-corrected chi connectivity index (χ2v) is 1.80. The molecule has 0 atom stereocenters. The van der Waals surface area contributed by atoms with Gasteiger partial charge >= 0.3 is 5.97 Å². The molecule has 1 aromatic heterocycles. The van der Waals surface area contributed by atoms with E-state index >= 15 is 0 Å². The molecule has 6 nitrogen and oxygen atoms in total. The molecular weight excluding hydrogens is 176 g/mol. The Bertz CT molecular complexity index is 245. The maximum Gasteiger partial charge on any atom is 0.328 e. The molecule has 0 bridgehead atoms. The van der Waals surface area contributed by atoms with E-state index in [1.165, 1.54) is 0 Å². The third-order valence-corrected chi connectivity index (χ3v) is 0.804. The molecule has 0 aliphatic heterocycles. The minimum Gasteiger partial charge on any atom is -0.545 e. The SMILES string of the molecule is O=C([O-])/C=C/C(=O)O.c1c[nH+]c[nH]1. The third kappa shape index (κ3) is 9.89. The molecule has 3 N–H and O–H groups in total. The largest absolute Gasteiger partial charge is 0.545 e. The Morgan fingerprint density at radius 2 is 2.15 bits per heavy atom. The molecule has 0 saturated carbocycles. The quantitative estimate of drug-likeness (QED) is 0.529. The van der Waals surface area contributed by atoms with E-state index in [0.29, 0.717) is 12.2 Å². The molecule has 0 amide bonds. The summed E-state index contributed by atoms with van der Waals surface area (Å²) in [6.45, 7) is 0. The molecule has 70 valence electrons. The van der Waals surface area contributed by atoms with Gasteiger partial charge in [-0.2, -0.15) is 0 Å². The van der Waals surface area contributed by atoms with E-state index in [4.69, 9.17) is 5.11 Å². The smallest absolute Gasteiger partial charge is 0.328 e. The first-order chi connectivity index (χ1) is 6.13. The summed E-state index contributed by atoms with van der Waals surface area (Å²) in [5.74, 6) is -2.80. The molecular formula is C7H8N2O4. The van der Waals surface area contributed by atoms with Crippen molar-refractivity contribution in [2.45, 2.75) is 0 Å². The lowest BCUT2D eigenvalue weighted by molar-refractivity contribution is -0.375. The van der Waals surface area contributed by atoms with Crippen LogP contribution >= 0.6 is 0 Å². The Balaban J connectivity index is 0.000000243. The Labute approximate surface area is 73.5 Å². The summed E-state index contributed by atoms with van der Waals surface area (Å²) >= 11 is 0. The second kappa shape index (κ2) is 6.59. The van der Waals surface area contributed by atoms with Crippen LogP contribution in [0.4, 0.5) is 0 Å². The number of carboxylic acid groups (broad SMARTS) is 2. The molecule has 1 heterocycles.